The average molecular weight is 321 g/mol. The van der Waals surface area contributed by atoms with Crippen LogP contribution in [0.5, 0.6) is 11.5 Å². The van der Waals surface area contributed by atoms with E-state index in [1.807, 2.05) is 31.2 Å². The van der Waals surface area contributed by atoms with Gasteiger partial charge in [0.25, 0.3) is 0 Å². The number of nitrogens with one attached hydrogen (secondary N) is 2. The Hall–Kier alpha value is -1.79. The first-order chi connectivity index (χ1) is 11.2. The first-order valence-corrected chi connectivity index (χ1v) is 8.31. The highest BCUT2D eigenvalue weighted by atomic mass is 16.6. The maximum absolute atomic E-state index is 12.1. The van der Waals surface area contributed by atoms with Crippen molar-refractivity contribution in [3.05, 3.63) is 24.3 Å². The lowest BCUT2D eigenvalue weighted by Crippen LogP contribution is -3.14. The van der Waals surface area contributed by atoms with Gasteiger partial charge in [0, 0.05) is 0 Å². The van der Waals surface area contributed by atoms with Gasteiger partial charge in [0.1, 0.15) is 19.7 Å². The first-order valence-electron chi connectivity index (χ1n) is 8.31. The van der Waals surface area contributed by atoms with Gasteiger partial charge in [-0.15, -0.1) is 0 Å². The molecule has 2 N–H and O–H groups in total. The fourth-order valence-corrected chi connectivity index (χ4v) is 2.90. The lowest BCUT2D eigenvalue weighted by molar-refractivity contribution is -0.907. The summed E-state index contributed by atoms with van der Waals surface area (Å²) >= 11 is 0. The molecule has 3 rings (SSSR count). The van der Waals surface area contributed by atoms with Gasteiger partial charge in [-0.05, 0) is 19.1 Å². The van der Waals surface area contributed by atoms with Crippen molar-refractivity contribution in [1.82, 2.24) is 5.32 Å². The van der Waals surface area contributed by atoms with Crippen molar-refractivity contribution in [3.8, 4) is 11.5 Å². The summed E-state index contributed by atoms with van der Waals surface area (Å²) in [5.74, 6) is 1.57. The van der Waals surface area contributed by atoms with Crippen LogP contribution in [-0.2, 0) is 9.53 Å². The van der Waals surface area contributed by atoms with Crippen LogP contribution in [-0.4, -0.2) is 57.5 Å². The number of carbonyl (C=O) groups is 1. The van der Waals surface area contributed by atoms with E-state index in [1.54, 1.807) is 0 Å². The van der Waals surface area contributed by atoms with E-state index < -0.39 is 0 Å². The summed E-state index contributed by atoms with van der Waals surface area (Å²) in [6.45, 7) is 6.82. The Bertz CT molecular complexity index is 531. The Morgan fingerprint density at radius 3 is 2.83 bits per heavy atom. The standard InChI is InChI=1S/C17H24N2O4/c1-13(16-12-22-14-4-2-3-5-15(14)23-16)18-17(20)6-7-19-8-10-21-11-9-19/h2-5,13,16H,6-12H2,1H3,(H,18,20)/p+1. The van der Waals surface area contributed by atoms with Gasteiger partial charge < -0.3 is 24.4 Å². The predicted octanol–water partition coefficient (Wildman–Crippen LogP) is -0.364. The summed E-state index contributed by atoms with van der Waals surface area (Å²) in [7, 11) is 0. The maximum atomic E-state index is 12.1. The highest BCUT2D eigenvalue weighted by molar-refractivity contribution is 5.76. The summed E-state index contributed by atoms with van der Waals surface area (Å²) in [4.78, 5) is 13.6. The van der Waals surface area contributed by atoms with Crippen LogP contribution in [0.4, 0.5) is 0 Å². The molecule has 23 heavy (non-hydrogen) atoms. The number of para-hydroxylation sites is 2. The average Bonchev–Trinajstić information content (AvgIpc) is 2.60. The van der Waals surface area contributed by atoms with Crippen LogP contribution >= 0.6 is 0 Å². The van der Waals surface area contributed by atoms with E-state index in [1.165, 1.54) is 4.90 Å². The normalized spacial score (nSPS) is 22.4. The Morgan fingerprint density at radius 1 is 1.30 bits per heavy atom. The van der Waals surface area contributed by atoms with Crippen LogP contribution < -0.4 is 19.7 Å². The summed E-state index contributed by atoms with van der Waals surface area (Å²) in [5, 5.41) is 3.03. The SMILES string of the molecule is CC(NC(=O)CC[NH+]1CCOCC1)C1COc2ccccc2O1. The molecule has 2 atom stereocenters. The van der Waals surface area contributed by atoms with Crippen LogP contribution in [0.25, 0.3) is 0 Å². The molecule has 0 aliphatic carbocycles. The fourth-order valence-electron chi connectivity index (χ4n) is 2.90. The molecule has 2 aliphatic heterocycles. The third-order valence-electron chi connectivity index (χ3n) is 4.38. The quantitative estimate of drug-likeness (QED) is 0.777. The molecular formula is C17H25N2O4+. The van der Waals surface area contributed by atoms with E-state index in [2.05, 4.69) is 5.32 Å². The van der Waals surface area contributed by atoms with Crippen molar-refractivity contribution in [3.63, 3.8) is 0 Å². The molecular weight excluding hydrogens is 296 g/mol. The monoisotopic (exact) mass is 321 g/mol. The van der Waals surface area contributed by atoms with Crippen LogP contribution in [0.3, 0.4) is 0 Å². The van der Waals surface area contributed by atoms with Gasteiger partial charge in [0.2, 0.25) is 5.91 Å². The van der Waals surface area contributed by atoms with Crippen LogP contribution in [0.2, 0.25) is 0 Å². The zero-order chi connectivity index (χ0) is 16.1. The van der Waals surface area contributed by atoms with Gasteiger partial charge in [-0.2, -0.15) is 0 Å². The molecule has 2 heterocycles. The number of morpholine rings is 1. The van der Waals surface area contributed by atoms with Crippen LogP contribution in [0.1, 0.15) is 13.3 Å². The summed E-state index contributed by atoms with van der Waals surface area (Å²) in [6, 6.07) is 7.52. The number of ether oxygens (including phenoxy) is 3. The minimum absolute atomic E-state index is 0.0685. The molecule has 1 aromatic carbocycles. The molecule has 2 unspecified atom stereocenters. The first kappa shape index (κ1) is 16.1. The number of hydrogen-bond acceptors (Lipinski definition) is 4. The summed E-state index contributed by atoms with van der Waals surface area (Å²) in [5.41, 5.74) is 0. The number of carbonyl (C=O) groups excluding carboxylic acids is 1. The highest BCUT2D eigenvalue weighted by Gasteiger charge is 2.27. The summed E-state index contributed by atoms with van der Waals surface area (Å²) in [6.07, 6.45) is 0.369. The van der Waals surface area contributed by atoms with Crippen molar-refractivity contribution in [2.45, 2.75) is 25.5 Å². The molecule has 0 radical (unpaired) electrons. The van der Waals surface area contributed by atoms with Gasteiger partial charge in [-0.3, -0.25) is 4.79 Å². The molecule has 126 valence electrons. The van der Waals surface area contributed by atoms with Crippen LogP contribution in [0, 0.1) is 0 Å². The maximum Gasteiger partial charge on any atom is 0.226 e. The number of hydrogen-bond donors (Lipinski definition) is 2. The number of rotatable bonds is 5. The van der Waals surface area contributed by atoms with Gasteiger partial charge in [-0.25, -0.2) is 0 Å². The Balaban J connectivity index is 1.43. The van der Waals surface area contributed by atoms with Crippen molar-refractivity contribution in [2.75, 3.05) is 39.5 Å². The molecule has 1 fully saturated rings. The molecule has 1 saturated heterocycles. The Labute approximate surface area is 136 Å². The topological polar surface area (TPSA) is 61.2 Å². The zero-order valence-electron chi connectivity index (χ0n) is 13.5. The fraction of sp³-hybridized carbons (Fsp3) is 0.588. The Morgan fingerprint density at radius 2 is 2.04 bits per heavy atom. The highest BCUT2D eigenvalue weighted by Crippen LogP contribution is 2.31. The molecule has 2 aliphatic rings. The molecule has 6 heteroatoms. The molecule has 6 nitrogen and oxygen atoms in total. The van der Waals surface area contributed by atoms with Crippen LogP contribution in [0.15, 0.2) is 24.3 Å². The third kappa shape index (κ3) is 4.36. The van der Waals surface area contributed by atoms with E-state index in [0.717, 1.165) is 44.3 Å². The largest absolute Gasteiger partial charge is 0.486 e. The smallest absolute Gasteiger partial charge is 0.226 e. The molecule has 0 spiro atoms. The van der Waals surface area contributed by atoms with E-state index in [4.69, 9.17) is 14.2 Å². The zero-order valence-corrected chi connectivity index (χ0v) is 13.5. The molecule has 1 aromatic rings. The van der Waals surface area contributed by atoms with Gasteiger partial charge in [-0.1, -0.05) is 12.1 Å². The molecule has 0 bridgehead atoms. The molecule has 1 amide bonds. The van der Waals surface area contributed by atoms with Gasteiger partial charge in [0.15, 0.2) is 17.6 Å². The molecule has 0 aromatic heterocycles. The van der Waals surface area contributed by atoms with Gasteiger partial charge in [0.05, 0.1) is 32.2 Å². The number of fused-ring (bicyclic) bond motifs is 1. The second kappa shape index (κ2) is 7.66. The lowest BCUT2D eigenvalue weighted by atomic mass is 10.1. The van der Waals surface area contributed by atoms with Crippen molar-refractivity contribution in [1.29, 1.82) is 0 Å². The minimum Gasteiger partial charge on any atom is -0.486 e. The van der Waals surface area contributed by atoms with E-state index >= 15 is 0 Å². The van der Waals surface area contributed by atoms with E-state index in [9.17, 15) is 4.79 Å². The van der Waals surface area contributed by atoms with Crippen molar-refractivity contribution < 1.29 is 23.9 Å². The summed E-state index contributed by atoms with van der Waals surface area (Å²) < 4.78 is 17.0. The number of benzene rings is 1. The second-order valence-electron chi connectivity index (χ2n) is 6.13. The lowest BCUT2D eigenvalue weighted by Gasteiger charge is -2.31. The Kier molecular flexibility index (Phi) is 5.35. The predicted molar refractivity (Wildman–Crippen MR) is 85.0 cm³/mol. The number of quaternary nitrogens is 1. The molecule has 0 saturated carbocycles. The van der Waals surface area contributed by atoms with Gasteiger partial charge >= 0.3 is 0 Å². The third-order valence-corrected chi connectivity index (χ3v) is 4.38. The van der Waals surface area contributed by atoms with E-state index in [-0.39, 0.29) is 18.1 Å². The number of amides is 1. The van der Waals surface area contributed by atoms with E-state index in [0.29, 0.717) is 13.0 Å². The second-order valence-corrected chi connectivity index (χ2v) is 6.13. The van der Waals surface area contributed by atoms with Crippen molar-refractivity contribution in [2.24, 2.45) is 0 Å². The van der Waals surface area contributed by atoms with Crippen molar-refractivity contribution >= 4 is 5.91 Å². The minimum atomic E-state index is -0.162.